The molecule has 0 N–H and O–H groups in total. The number of benzene rings is 1. The Labute approximate surface area is 155 Å². The van der Waals surface area contributed by atoms with Crippen molar-refractivity contribution in [1.82, 2.24) is 19.4 Å². The lowest BCUT2D eigenvalue weighted by Gasteiger charge is -2.33. The van der Waals surface area contributed by atoms with Crippen LogP contribution >= 0.6 is 0 Å². The lowest BCUT2D eigenvalue weighted by Crippen LogP contribution is -2.38. The Bertz CT molecular complexity index is 727. The lowest BCUT2D eigenvalue weighted by atomic mass is 10.2. The zero-order valence-corrected chi connectivity index (χ0v) is 15.9. The molecule has 1 atom stereocenters. The Kier molecular flexibility index (Phi) is 6.06. The normalized spacial score (nSPS) is 17.1. The predicted octanol–water partition coefficient (Wildman–Crippen LogP) is 2.11. The summed E-state index contributed by atoms with van der Waals surface area (Å²) in [5.74, 6) is 1.13. The summed E-state index contributed by atoms with van der Waals surface area (Å²) in [7, 11) is 3.55. The van der Waals surface area contributed by atoms with E-state index >= 15 is 0 Å². The summed E-state index contributed by atoms with van der Waals surface area (Å²) in [6, 6.07) is 10.5. The zero-order valence-electron chi connectivity index (χ0n) is 15.9. The molecule has 1 aliphatic heterocycles. The molecule has 0 aliphatic carbocycles. The van der Waals surface area contributed by atoms with Gasteiger partial charge < -0.3 is 14.2 Å². The van der Waals surface area contributed by atoms with Gasteiger partial charge in [-0.15, -0.1) is 0 Å². The molecule has 1 aliphatic rings. The van der Waals surface area contributed by atoms with Gasteiger partial charge >= 0.3 is 0 Å². The van der Waals surface area contributed by atoms with Gasteiger partial charge in [0.25, 0.3) is 0 Å². The number of hydrogen-bond donors (Lipinski definition) is 0. The fraction of sp³-hybridized carbons (Fsp3) is 0.500. The van der Waals surface area contributed by atoms with Crippen molar-refractivity contribution in [3.05, 3.63) is 53.6 Å². The minimum absolute atomic E-state index is 0.0827. The van der Waals surface area contributed by atoms with Gasteiger partial charge in [0.1, 0.15) is 5.82 Å². The zero-order chi connectivity index (χ0) is 18.5. The van der Waals surface area contributed by atoms with Crippen molar-refractivity contribution in [3.8, 4) is 0 Å². The summed E-state index contributed by atoms with van der Waals surface area (Å²) >= 11 is 0. The first-order valence-corrected chi connectivity index (χ1v) is 9.16. The standard InChI is InChI=1S/C20H28N4O2/c1-16-20-21-18(13-19(25)22(2)3)14-24(20)10-9-23(16)11-12-26-15-17-7-5-4-6-8-17/h4-8,14,16H,9-13,15H2,1-3H3/t16-/m0/s1. The van der Waals surface area contributed by atoms with Crippen LogP contribution in [0.5, 0.6) is 0 Å². The van der Waals surface area contributed by atoms with Crippen LogP contribution in [0.3, 0.4) is 0 Å². The highest BCUT2D eigenvalue weighted by atomic mass is 16.5. The highest BCUT2D eigenvalue weighted by molar-refractivity contribution is 5.77. The molecule has 2 heterocycles. The number of hydrogen-bond acceptors (Lipinski definition) is 4. The number of aromatic nitrogens is 2. The quantitative estimate of drug-likeness (QED) is 0.713. The average Bonchev–Trinajstić information content (AvgIpc) is 3.04. The molecule has 0 unspecified atom stereocenters. The molecule has 0 spiro atoms. The largest absolute Gasteiger partial charge is 0.375 e. The third-order valence-corrected chi connectivity index (χ3v) is 4.87. The van der Waals surface area contributed by atoms with E-state index in [2.05, 4.69) is 28.5 Å². The number of likely N-dealkylation sites (N-methyl/N-ethyl adjacent to an activating group) is 1. The second-order valence-corrected chi connectivity index (χ2v) is 7.00. The van der Waals surface area contributed by atoms with Crippen LogP contribution in [0.1, 0.15) is 30.0 Å². The molecule has 1 aromatic heterocycles. The van der Waals surface area contributed by atoms with Crippen molar-refractivity contribution >= 4 is 5.91 Å². The second kappa shape index (κ2) is 8.47. The first kappa shape index (κ1) is 18.6. The van der Waals surface area contributed by atoms with Crippen molar-refractivity contribution in [3.63, 3.8) is 0 Å². The average molecular weight is 356 g/mol. The van der Waals surface area contributed by atoms with Crippen LogP contribution in [0.25, 0.3) is 0 Å². The molecule has 0 saturated heterocycles. The van der Waals surface area contributed by atoms with E-state index in [1.807, 2.05) is 24.4 Å². The summed E-state index contributed by atoms with van der Waals surface area (Å²) in [6.45, 7) is 6.28. The van der Waals surface area contributed by atoms with E-state index in [4.69, 9.17) is 9.72 Å². The van der Waals surface area contributed by atoms with Gasteiger partial charge in [-0.3, -0.25) is 9.69 Å². The molecular formula is C20H28N4O2. The van der Waals surface area contributed by atoms with Crippen LogP contribution in [0.4, 0.5) is 0 Å². The lowest BCUT2D eigenvalue weighted by molar-refractivity contribution is -0.128. The van der Waals surface area contributed by atoms with Gasteiger partial charge in [-0.25, -0.2) is 4.98 Å². The molecule has 26 heavy (non-hydrogen) atoms. The van der Waals surface area contributed by atoms with E-state index in [1.54, 1.807) is 19.0 Å². The summed E-state index contributed by atoms with van der Waals surface area (Å²) < 4.78 is 8.01. The molecule has 3 rings (SSSR count). The van der Waals surface area contributed by atoms with E-state index in [-0.39, 0.29) is 11.9 Å². The van der Waals surface area contributed by atoms with Gasteiger partial charge in [-0.2, -0.15) is 0 Å². The van der Waals surface area contributed by atoms with E-state index < -0.39 is 0 Å². The van der Waals surface area contributed by atoms with Crippen LogP contribution in [0.15, 0.2) is 36.5 Å². The molecule has 6 heteroatoms. The molecule has 140 valence electrons. The minimum atomic E-state index is 0.0827. The third kappa shape index (κ3) is 4.51. The maximum atomic E-state index is 11.9. The van der Waals surface area contributed by atoms with Gasteiger partial charge in [0.2, 0.25) is 5.91 Å². The monoisotopic (exact) mass is 356 g/mol. The Balaban J connectivity index is 1.51. The number of fused-ring (bicyclic) bond motifs is 1. The topological polar surface area (TPSA) is 50.6 Å². The number of nitrogens with zero attached hydrogens (tertiary/aromatic N) is 4. The number of amides is 1. The number of rotatable bonds is 7. The van der Waals surface area contributed by atoms with Crippen molar-refractivity contribution in [2.45, 2.75) is 32.5 Å². The molecule has 2 aromatic rings. The Morgan fingerprint density at radius 1 is 1.27 bits per heavy atom. The highest BCUT2D eigenvalue weighted by Crippen LogP contribution is 2.24. The van der Waals surface area contributed by atoms with Crippen molar-refractivity contribution in [2.75, 3.05) is 33.8 Å². The van der Waals surface area contributed by atoms with E-state index in [1.165, 1.54) is 5.56 Å². The van der Waals surface area contributed by atoms with Gasteiger partial charge in [0.05, 0.1) is 31.4 Å². The highest BCUT2D eigenvalue weighted by Gasteiger charge is 2.26. The van der Waals surface area contributed by atoms with Crippen LogP contribution in [0, 0.1) is 0 Å². The molecule has 0 fully saturated rings. The second-order valence-electron chi connectivity index (χ2n) is 7.00. The first-order chi connectivity index (χ1) is 12.5. The Hall–Kier alpha value is -2.18. The SMILES string of the molecule is C[C@H]1c2nc(CC(=O)N(C)C)cn2CCN1CCOCc1ccccc1. The maximum Gasteiger partial charge on any atom is 0.228 e. The predicted molar refractivity (Wildman–Crippen MR) is 101 cm³/mol. The first-order valence-electron chi connectivity index (χ1n) is 9.16. The summed E-state index contributed by atoms with van der Waals surface area (Å²) in [5, 5.41) is 0. The van der Waals surface area contributed by atoms with Crippen molar-refractivity contribution in [1.29, 1.82) is 0 Å². The van der Waals surface area contributed by atoms with Gasteiger partial charge in [-0.1, -0.05) is 30.3 Å². The summed E-state index contributed by atoms with van der Waals surface area (Å²) in [5.41, 5.74) is 2.05. The molecule has 0 saturated carbocycles. The molecule has 0 bridgehead atoms. The fourth-order valence-electron chi connectivity index (χ4n) is 3.24. The number of carbonyl (C=O) groups excluding carboxylic acids is 1. The van der Waals surface area contributed by atoms with Crippen LogP contribution < -0.4 is 0 Å². The van der Waals surface area contributed by atoms with Crippen LogP contribution in [-0.2, 0) is 29.1 Å². The van der Waals surface area contributed by atoms with Gasteiger partial charge in [-0.05, 0) is 12.5 Å². The number of ether oxygens (including phenoxy) is 1. The maximum absolute atomic E-state index is 11.9. The molecule has 0 radical (unpaired) electrons. The van der Waals surface area contributed by atoms with E-state index in [0.717, 1.165) is 31.2 Å². The smallest absolute Gasteiger partial charge is 0.228 e. The van der Waals surface area contributed by atoms with Gasteiger partial charge in [0.15, 0.2) is 0 Å². The Morgan fingerprint density at radius 2 is 2.04 bits per heavy atom. The van der Waals surface area contributed by atoms with Crippen LogP contribution in [0.2, 0.25) is 0 Å². The molecular weight excluding hydrogens is 328 g/mol. The van der Waals surface area contributed by atoms with Crippen molar-refractivity contribution < 1.29 is 9.53 Å². The number of imidazole rings is 1. The Morgan fingerprint density at radius 3 is 2.77 bits per heavy atom. The van der Waals surface area contributed by atoms with Crippen LogP contribution in [-0.4, -0.2) is 59.0 Å². The summed E-state index contributed by atoms with van der Waals surface area (Å²) in [6.07, 6.45) is 2.39. The van der Waals surface area contributed by atoms with Crippen molar-refractivity contribution in [2.24, 2.45) is 0 Å². The minimum Gasteiger partial charge on any atom is -0.375 e. The molecule has 6 nitrogen and oxygen atoms in total. The van der Waals surface area contributed by atoms with Gasteiger partial charge in [0, 0.05) is 39.9 Å². The number of carbonyl (C=O) groups is 1. The molecule has 1 aromatic carbocycles. The third-order valence-electron chi connectivity index (χ3n) is 4.87. The fourth-order valence-corrected chi connectivity index (χ4v) is 3.24. The molecule has 1 amide bonds. The van der Waals surface area contributed by atoms with E-state index in [9.17, 15) is 4.79 Å². The van der Waals surface area contributed by atoms with E-state index in [0.29, 0.717) is 19.6 Å². The summed E-state index contributed by atoms with van der Waals surface area (Å²) in [4.78, 5) is 20.6.